The van der Waals surface area contributed by atoms with Gasteiger partial charge in [0.2, 0.25) is 0 Å². The van der Waals surface area contributed by atoms with E-state index in [1.807, 2.05) is 0 Å². The van der Waals surface area contributed by atoms with E-state index in [0.717, 1.165) is 17.2 Å². The van der Waals surface area contributed by atoms with Gasteiger partial charge in [-0.3, -0.25) is 0 Å². The highest BCUT2D eigenvalue weighted by Crippen LogP contribution is 2.33. The van der Waals surface area contributed by atoms with E-state index in [0.29, 0.717) is 5.69 Å². The van der Waals surface area contributed by atoms with E-state index in [2.05, 4.69) is 0 Å². The van der Waals surface area contributed by atoms with Gasteiger partial charge in [0.05, 0.1) is 5.56 Å². The third-order valence-electron chi connectivity index (χ3n) is 2.78. The number of aryl methyl sites for hydroxylation is 1. The molecule has 94 valence electrons. The van der Waals surface area contributed by atoms with Crippen LogP contribution in [0.3, 0.4) is 0 Å². The van der Waals surface area contributed by atoms with E-state index >= 15 is 0 Å². The largest absolute Gasteiger partial charge is 0.416 e. The molecule has 0 saturated heterocycles. The van der Waals surface area contributed by atoms with Gasteiger partial charge < -0.3 is 5.73 Å². The lowest BCUT2D eigenvalue weighted by atomic mass is 9.99. The Kier molecular flexibility index (Phi) is 3.03. The van der Waals surface area contributed by atoms with Crippen LogP contribution in [0.2, 0.25) is 0 Å². The van der Waals surface area contributed by atoms with Crippen molar-refractivity contribution in [3.8, 4) is 11.1 Å². The van der Waals surface area contributed by atoms with Crippen molar-refractivity contribution >= 4 is 5.69 Å². The van der Waals surface area contributed by atoms with Crippen LogP contribution in [0.25, 0.3) is 11.1 Å². The van der Waals surface area contributed by atoms with Crippen LogP contribution in [-0.2, 0) is 6.18 Å². The van der Waals surface area contributed by atoms with Gasteiger partial charge >= 0.3 is 6.18 Å². The summed E-state index contributed by atoms with van der Waals surface area (Å²) in [5, 5.41) is 0. The molecule has 0 aromatic heterocycles. The smallest absolute Gasteiger partial charge is 0.399 e. The van der Waals surface area contributed by atoms with Gasteiger partial charge in [0.1, 0.15) is 0 Å². The van der Waals surface area contributed by atoms with Gasteiger partial charge in [-0.15, -0.1) is 0 Å². The molecule has 0 radical (unpaired) electrons. The van der Waals surface area contributed by atoms with E-state index in [-0.39, 0.29) is 5.56 Å². The highest BCUT2D eigenvalue weighted by atomic mass is 19.4. The zero-order valence-electron chi connectivity index (χ0n) is 9.75. The number of anilines is 1. The summed E-state index contributed by atoms with van der Waals surface area (Å²) < 4.78 is 37.9. The lowest BCUT2D eigenvalue weighted by molar-refractivity contribution is -0.138. The van der Waals surface area contributed by atoms with Crippen LogP contribution >= 0.6 is 0 Å². The molecule has 2 N–H and O–H groups in total. The zero-order valence-corrected chi connectivity index (χ0v) is 9.75. The Balaban J connectivity index is 2.43. The summed E-state index contributed by atoms with van der Waals surface area (Å²) in [5.41, 5.74) is 7.42. The Morgan fingerprint density at radius 2 is 1.44 bits per heavy atom. The number of hydrogen-bond donors (Lipinski definition) is 1. The highest BCUT2D eigenvalue weighted by molar-refractivity contribution is 5.66. The van der Waals surface area contributed by atoms with Crippen molar-refractivity contribution in [1.29, 1.82) is 0 Å². The second kappa shape index (κ2) is 4.37. The Morgan fingerprint density at radius 1 is 0.889 bits per heavy atom. The third kappa shape index (κ3) is 2.47. The zero-order chi connectivity index (χ0) is 13.3. The van der Waals surface area contributed by atoms with Gasteiger partial charge in [-0.1, -0.05) is 24.3 Å². The number of hydrogen-bond acceptors (Lipinski definition) is 1. The predicted molar refractivity (Wildman–Crippen MR) is 66.0 cm³/mol. The van der Waals surface area contributed by atoms with Crippen LogP contribution in [0.1, 0.15) is 11.1 Å². The van der Waals surface area contributed by atoms with Gasteiger partial charge in [0.15, 0.2) is 0 Å². The quantitative estimate of drug-likeness (QED) is 0.753. The van der Waals surface area contributed by atoms with Crippen molar-refractivity contribution in [2.75, 3.05) is 5.73 Å². The molecule has 2 aromatic carbocycles. The molecule has 0 heterocycles. The highest BCUT2D eigenvalue weighted by Gasteiger charge is 2.32. The fourth-order valence-corrected chi connectivity index (χ4v) is 1.84. The van der Waals surface area contributed by atoms with Gasteiger partial charge in [0.25, 0.3) is 0 Å². The van der Waals surface area contributed by atoms with Gasteiger partial charge in [-0.05, 0) is 41.8 Å². The summed E-state index contributed by atoms with van der Waals surface area (Å²) in [6.45, 7) is 1.46. The fourth-order valence-electron chi connectivity index (χ4n) is 1.84. The average molecular weight is 251 g/mol. The van der Waals surface area contributed by atoms with Crippen LogP contribution < -0.4 is 5.73 Å². The second-order valence-electron chi connectivity index (χ2n) is 4.15. The Hall–Kier alpha value is -1.97. The van der Waals surface area contributed by atoms with Crippen molar-refractivity contribution in [3.05, 3.63) is 53.6 Å². The molecule has 0 aliphatic carbocycles. The Labute approximate surface area is 103 Å². The summed E-state index contributed by atoms with van der Waals surface area (Å²) in [6.07, 6.45) is -4.30. The number of nitrogen functional groups attached to an aromatic ring is 1. The molecule has 0 aliphatic heterocycles. The Bertz CT molecular complexity index is 556. The van der Waals surface area contributed by atoms with Gasteiger partial charge in [0, 0.05) is 5.69 Å². The number of halogens is 3. The van der Waals surface area contributed by atoms with E-state index in [1.165, 1.54) is 19.1 Å². The fraction of sp³-hybridized carbons (Fsp3) is 0.143. The molecule has 4 heteroatoms. The van der Waals surface area contributed by atoms with E-state index < -0.39 is 11.7 Å². The van der Waals surface area contributed by atoms with Crippen molar-refractivity contribution in [1.82, 2.24) is 0 Å². The van der Waals surface area contributed by atoms with Crippen LogP contribution in [0.5, 0.6) is 0 Å². The maximum atomic E-state index is 12.6. The van der Waals surface area contributed by atoms with E-state index in [4.69, 9.17) is 5.73 Å². The summed E-state index contributed by atoms with van der Waals surface area (Å²) in [7, 11) is 0. The molecule has 0 saturated carbocycles. The van der Waals surface area contributed by atoms with Gasteiger partial charge in [-0.25, -0.2) is 0 Å². The van der Waals surface area contributed by atoms with Crippen LogP contribution in [0.15, 0.2) is 42.5 Å². The van der Waals surface area contributed by atoms with E-state index in [1.54, 1.807) is 24.3 Å². The molecule has 0 amide bonds. The molecule has 0 unspecified atom stereocenters. The molecule has 0 bridgehead atoms. The minimum atomic E-state index is -4.30. The maximum absolute atomic E-state index is 12.6. The first-order valence-electron chi connectivity index (χ1n) is 5.42. The molecular formula is C14H12F3N. The number of nitrogens with two attached hydrogens (primary N) is 1. The lowest BCUT2D eigenvalue weighted by Gasteiger charge is -2.11. The maximum Gasteiger partial charge on any atom is 0.416 e. The first kappa shape index (κ1) is 12.5. The molecule has 0 aliphatic rings. The average Bonchev–Trinajstić information content (AvgIpc) is 2.28. The first-order chi connectivity index (χ1) is 8.38. The van der Waals surface area contributed by atoms with Crippen molar-refractivity contribution in [2.24, 2.45) is 0 Å². The van der Waals surface area contributed by atoms with Crippen molar-refractivity contribution in [3.63, 3.8) is 0 Å². The van der Waals surface area contributed by atoms with Gasteiger partial charge in [-0.2, -0.15) is 13.2 Å². The second-order valence-corrected chi connectivity index (χ2v) is 4.15. The lowest BCUT2D eigenvalue weighted by Crippen LogP contribution is -2.07. The molecule has 2 aromatic rings. The van der Waals surface area contributed by atoms with Crippen LogP contribution in [-0.4, -0.2) is 0 Å². The molecule has 0 fully saturated rings. The summed E-state index contributed by atoms with van der Waals surface area (Å²) in [4.78, 5) is 0. The number of rotatable bonds is 1. The number of alkyl halides is 3. The summed E-state index contributed by atoms with van der Waals surface area (Å²) in [6, 6.07) is 11.1. The molecule has 1 nitrogen and oxygen atoms in total. The van der Waals surface area contributed by atoms with Crippen LogP contribution in [0.4, 0.5) is 18.9 Å². The minimum Gasteiger partial charge on any atom is -0.399 e. The normalized spacial score (nSPS) is 11.6. The molecule has 2 rings (SSSR count). The third-order valence-corrected chi connectivity index (χ3v) is 2.78. The van der Waals surface area contributed by atoms with Crippen LogP contribution in [0, 0.1) is 6.92 Å². The molecular weight excluding hydrogens is 239 g/mol. The van der Waals surface area contributed by atoms with Crippen molar-refractivity contribution in [2.45, 2.75) is 13.1 Å². The number of benzene rings is 2. The Morgan fingerprint density at radius 3 is 1.94 bits per heavy atom. The SMILES string of the molecule is Cc1cc(-c2ccc(N)cc2)ccc1C(F)(F)F. The molecule has 0 atom stereocenters. The first-order valence-corrected chi connectivity index (χ1v) is 5.42. The summed E-state index contributed by atoms with van der Waals surface area (Å²) >= 11 is 0. The molecule has 0 spiro atoms. The molecule has 18 heavy (non-hydrogen) atoms. The predicted octanol–water partition coefficient (Wildman–Crippen LogP) is 4.26. The topological polar surface area (TPSA) is 26.0 Å². The summed E-state index contributed by atoms with van der Waals surface area (Å²) in [5.74, 6) is 0. The van der Waals surface area contributed by atoms with Crippen molar-refractivity contribution < 1.29 is 13.2 Å². The minimum absolute atomic E-state index is 0.219. The van der Waals surface area contributed by atoms with E-state index in [9.17, 15) is 13.2 Å². The monoisotopic (exact) mass is 251 g/mol. The standard InChI is InChI=1S/C14H12F3N/c1-9-8-11(4-7-13(9)14(15,16)17)10-2-5-12(18)6-3-10/h2-8H,18H2,1H3.